The molecule has 0 bridgehead atoms. The van der Waals surface area contributed by atoms with Gasteiger partial charge in [0.25, 0.3) is 0 Å². The molecule has 0 saturated heterocycles. The number of phenolic OH excluding ortho intramolecular Hbond substituents is 1. The number of phenols is 1. The van der Waals surface area contributed by atoms with Gasteiger partial charge in [-0.1, -0.05) is 12.1 Å². The number of aromatic nitrogens is 2. The quantitative estimate of drug-likeness (QED) is 0.476. The highest BCUT2D eigenvalue weighted by atomic mass is 19.1. The van der Waals surface area contributed by atoms with E-state index in [-0.39, 0.29) is 28.3 Å². The zero-order valence-corrected chi connectivity index (χ0v) is 16.2. The molecule has 3 N–H and O–H groups in total. The molecule has 2 heterocycles. The highest BCUT2D eigenvalue weighted by Crippen LogP contribution is 2.55. The van der Waals surface area contributed by atoms with E-state index in [9.17, 15) is 24.5 Å². The van der Waals surface area contributed by atoms with Crippen molar-refractivity contribution in [3.63, 3.8) is 0 Å². The number of carboxylic acids is 1. The number of hydrogen-bond donors (Lipinski definition) is 3. The number of carbonyl (C=O) groups is 1. The summed E-state index contributed by atoms with van der Waals surface area (Å²) >= 11 is 0. The summed E-state index contributed by atoms with van der Waals surface area (Å²) in [6.07, 6.45) is 4.71. The molecule has 0 unspecified atom stereocenters. The lowest BCUT2D eigenvalue weighted by Crippen LogP contribution is -2.20. The Balaban J connectivity index is 1.79. The molecular formula is C23H19FN2O4. The number of pyridine rings is 1. The van der Waals surface area contributed by atoms with Gasteiger partial charge in [-0.05, 0) is 54.2 Å². The fourth-order valence-electron chi connectivity index (χ4n) is 4.34. The van der Waals surface area contributed by atoms with E-state index in [1.54, 1.807) is 31.6 Å². The zero-order chi connectivity index (χ0) is 21.2. The Kier molecular flexibility index (Phi) is 3.80. The average molecular weight is 406 g/mol. The third-order valence-electron chi connectivity index (χ3n) is 6.05. The van der Waals surface area contributed by atoms with Crippen LogP contribution >= 0.6 is 0 Å². The van der Waals surface area contributed by atoms with E-state index in [1.165, 1.54) is 16.7 Å². The van der Waals surface area contributed by atoms with Crippen LogP contribution in [0.25, 0.3) is 21.7 Å². The van der Waals surface area contributed by atoms with E-state index in [0.717, 1.165) is 11.1 Å². The molecule has 2 aromatic carbocycles. The first-order valence-electron chi connectivity index (χ1n) is 9.62. The molecule has 1 saturated carbocycles. The Labute approximate surface area is 170 Å². The normalized spacial score (nSPS) is 15.0. The van der Waals surface area contributed by atoms with Crippen molar-refractivity contribution in [2.24, 2.45) is 7.05 Å². The molecule has 30 heavy (non-hydrogen) atoms. The molecule has 0 amide bonds. The monoisotopic (exact) mass is 406 g/mol. The second kappa shape index (κ2) is 6.19. The number of rotatable bonds is 4. The van der Waals surface area contributed by atoms with Crippen molar-refractivity contribution < 1.29 is 24.5 Å². The third-order valence-corrected chi connectivity index (χ3v) is 6.05. The molecule has 1 aliphatic carbocycles. The number of fused-ring (bicyclic) bond motifs is 2. The summed E-state index contributed by atoms with van der Waals surface area (Å²) in [5.41, 5.74) is 1.47. The van der Waals surface area contributed by atoms with Crippen molar-refractivity contribution in [1.29, 1.82) is 0 Å². The van der Waals surface area contributed by atoms with E-state index < -0.39 is 11.4 Å². The fraction of sp³-hybridized carbons (Fsp3) is 0.217. The number of carboxylic acid groups (broad SMARTS) is 1. The van der Waals surface area contributed by atoms with Crippen molar-refractivity contribution in [1.82, 2.24) is 9.55 Å². The van der Waals surface area contributed by atoms with Crippen LogP contribution in [0.15, 0.2) is 42.7 Å². The lowest BCUT2D eigenvalue weighted by Gasteiger charge is -2.17. The molecule has 0 atom stereocenters. The van der Waals surface area contributed by atoms with Crippen molar-refractivity contribution in [3.05, 3.63) is 65.2 Å². The highest BCUT2D eigenvalue weighted by Gasteiger charge is 2.54. The van der Waals surface area contributed by atoms with Crippen LogP contribution in [0, 0.1) is 5.82 Å². The lowest BCUT2D eigenvalue weighted by molar-refractivity contribution is -0.139. The molecule has 7 heteroatoms. The highest BCUT2D eigenvalue weighted by molar-refractivity contribution is 6.12. The average Bonchev–Trinajstić information content (AvgIpc) is 3.46. The minimum atomic E-state index is -1.06. The minimum absolute atomic E-state index is 0.135. The molecule has 0 radical (unpaired) electrons. The summed E-state index contributed by atoms with van der Waals surface area (Å²) in [5.74, 6) is -1.55. The number of aryl methyl sites for hydroxylation is 1. The number of benzene rings is 2. The first-order valence-corrected chi connectivity index (χ1v) is 9.62. The number of nitrogens with zero attached hydrogens (tertiary/aromatic N) is 2. The first kappa shape index (κ1) is 18.4. The number of hydrogen-bond acceptors (Lipinski definition) is 4. The van der Waals surface area contributed by atoms with Gasteiger partial charge >= 0.3 is 5.97 Å². The van der Waals surface area contributed by atoms with E-state index in [1.807, 2.05) is 6.07 Å². The van der Waals surface area contributed by atoms with Gasteiger partial charge in [-0.15, -0.1) is 0 Å². The Morgan fingerprint density at radius 1 is 1.17 bits per heavy atom. The molecular weight excluding hydrogens is 387 g/mol. The SMILES string of the molecule is Cn1cc2c(C3(C(=O)O)CC3)c3cc(Cc4ccc(F)cc4)cnc3c(O)c2c1O. The molecule has 152 valence electrons. The van der Waals surface area contributed by atoms with Gasteiger partial charge in [0.2, 0.25) is 5.88 Å². The summed E-state index contributed by atoms with van der Waals surface area (Å²) in [6.45, 7) is 0. The number of aliphatic carboxylic acids is 1. The van der Waals surface area contributed by atoms with Gasteiger partial charge in [0.05, 0.1) is 10.8 Å². The smallest absolute Gasteiger partial charge is 0.314 e. The van der Waals surface area contributed by atoms with Crippen LogP contribution < -0.4 is 0 Å². The van der Waals surface area contributed by atoms with Crippen LogP contribution in [-0.4, -0.2) is 30.8 Å². The Hall–Kier alpha value is -3.61. The summed E-state index contributed by atoms with van der Waals surface area (Å²) < 4.78 is 14.7. The van der Waals surface area contributed by atoms with Gasteiger partial charge < -0.3 is 19.9 Å². The van der Waals surface area contributed by atoms with Crippen LogP contribution in [0.5, 0.6) is 11.6 Å². The van der Waals surface area contributed by atoms with Crippen LogP contribution in [0.2, 0.25) is 0 Å². The Morgan fingerprint density at radius 2 is 1.87 bits per heavy atom. The molecule has 0 aliphatic heterocycles. The standard InChI is InChI=1S/C23H19FN2O4/c1-26-11-16-17(21(26)28)20(27)19-15(18(16)23(6-7-23)22(29)30)9-13(10-25-19)8-12-2-4-14(24)5-3-12/h2-5,9-11,27-28H,6-8H2,1H3,(H,29,30). The Morgan fingerprint density at radius 3 is 2.50 bits per heavy atom. The van der Waals surface area contributed by atoms with E-state index in [2.05, 4.69) is 4.98 Å². The predicted molar refractivity (Wildman–Crippen MR) is 109 cm³/mol. The second-order valence-electron chi connectivity index (χ2n) is 8.01. The molecule has 1 fully saturated rings. The van der Waals surface area contributed by atoms with Gasteiger partial charge in [-0.3, -0.25) is 9.78 Å². The summed E-state index contributed by atoms with van der Waals surface area (Å²) in [5, 5.41) is 32.5. The Bertz CT molecular complexity index is 1340. The number of aromatic hydroxyl groups is 2. The van der Waals surface area contributed by atoms with Gasteiger partial charge in [0, 0.05) is 30.2 Å². The van der Waals surface area contributed by atoms with E-state index in [4.69, 9.17) is 0 Å². The van der Waals surface area contributed by atoms with Crippen molar-refractivity contribution in [2.75, 3.05) is 0 Å². The molecule has 0 spiro atoms. The minimum Gasteiger partial charge on any atom is -0.505 e. The maximum atomic E-state index is 13.2. The lowest BCUT2D eigenvalue weighted by atomic mass is 9.87. The van der Waals surface area contributed by atoms with Crippen LogP contribution in [0.4, 0.5) is 4.39 Å². The molecule has 2 aromatic heterocycles. The van der Waals surface area contributed by atoms with Crippen molar-refractivity contribution in [2.45, 2.75) is 24.7 Å². The van der Waals surface area contributed by atoms with Crippen molar-refractivity contribution >= 4 is 27.6 Å². The zero-order valence-electron chi connectivity index (χ0n) is 16.2. The van der Waals surface area contributed by atoms with E-state index in [0.29, 0.717) is 35.6 Å². The third kappa shape index (κ3) is 2.55. The topological polar surface area (TPSA) is 95.6 Å². The molecule has 6 nitrogen and oxygen atoms in total. The predicted octanol–water partition coefficient (Wildman–Crippen LogP) is 3.98. The number of halogens is 1. The summed E-state index contributed by atoms with van der Waals surface area (Å²) in [6, 6.07) is 8.00. The van der Waals surface area contributed by atoms with Crippen LogP contribution in [0.3, 0.4) is 0 Å². The van der Waals surface area contributed by atoms with Gasteiger partial charge in [-0.2, -0.15) is 0 Å². The van der Waals surface area contributed by atoms with Crippen LogP contribution in [0.1, 0.15) is 29.5 Å². The second-order valence-corrected chi connectivity index (χ2v) is 8.01. The van der Waals surface area contributed by atoms with Gasteiger partial charge in [0.15, 0.2) is 5.75 Å². The van der Waals surface area contributed by atoms with Gasteiger partial charge in [0.1, 0.15) is 11.3 Å². The maximum Gasteiger partial charge on any atom is 0.314 e. The maximum absolute atomic E-state index is 13.2. The van der Waals surface area contributed by atoms with E-state index >= 15 is 0 Å². The molecule has 1 aliphatic rings. The molecule has 4 aromatic rings. The summed E-state index contributed by atoms with van der Waals surface area (Å²) in [4.78, 5) is 16.6. The fourth-order valence-corrected chi connectivity index (χ4v) is 4.34. The van der Waals surface area contributed by atoms with Crippen molar-refractivity contribution in [3.8, 4) is 11.6 Å². The largest absolute Gasteiger partial charge is 0.505 e. The van der Waals surface area contributed by atoms with Gasteiger partial charge in [-0.25, -0.2) is 4.39 Å². The van der Waals surface area contributed by atoms with Crippen LogP contribution in [-0.2, 0) is 23.7 Å². The summed E-state index contributed by atoms with van der Waals surface area (Å²) in [7, 11) is 1.64. The first-order chi connectivity index (χ1) is 14.3. The molecule has 5 rings (SSSR count).